The normalized spacial score (nSPS) is 17.1. The second-order valence-electron chi connectivity index (χ2n) is 10.2. The van der Waals surface area contributed by atoms with Gasteiger partial charge < -0.3 is 16.0 Å². The van der Waals surface area contributed by atoms with Gasteiger partial charge >= 0.3 is 6.03 Å². The van der Waals surface area contributed by atoms with Crippen molar-refractivity contribution in [3.8, 4) is 11.4 Å². The number of piperidine rings is 1. The molecule has 35 heavy (non-hydrogen) atoms. The Labute approximate surface area is 205 Å². The van der Waals surface area contributed by atoms with Crippen LogP contribution in [-0.4, -0.2) is 45.4 Å². The Kier molecular flexibility index (Phi) is 7.75. The minimum absolute atomic E-state index is 0.00405. The van der Waals surface area contributed by atoms with E-state index in [1.165, 1.54) is 12.1 Å². The standard InChI is InChI=1S/C26H34FN7O/c1-26(2,15-18-9-11-21(27)12-10-18)16-23(20-7-5-13-28-17-20)30-25(35)29-22-8-4-6-19(14-22)24-31-32-33-34(24)3/h4,6,8-12,14,20,23,28H,5,7,13,15-17H2,1-3H3,(H2,29,30,35). The van der Waals surface area contributed by atoms with Crippen LogP contribution >= 0.6 is 0 Å². The van der Waals surface area contributed by atoms with Crippen LogP contribution in [0.2, 0.25) is 0 Å². The second kappa shape index (κ2) is 10.9. The minimum Gasteiger partial charge on any atom is -0.335 e. The molecule has 1 aliphatic heterocycles. The molecule has 0 aliphatic carbocycles. The molecule has 186 valence electrons. The number of aryl methyl sites for hydroxylation is 1. The third-order valence-electron chi connectivity index (χ3n) is 6.59. The first-order valence-electron chi connectivity index (χ1n) is 12.1. The molecular formula is C26H34FN7O. The van der Waals surface area contributed by atoms with Crippen LogP contribution in [-0.2, 0) is 13.5 Å². The number of aromatic nitrogens is 4. The highest BCUT2D eigenvalue weighted by Crippen LogP contribution is 2.31. The fraction of sp³-hybridized carbons (Fsp3) is 0.462. The van der Waals surface area contributed by atoms with Gasteiger partial charge in [0.15, 0.2) is 5.82 Å². The number of urea groups is 1. The van der Waals surface area contributed by atoms with Crippen LogP contribution in [0.25, 0.3) is 11.4 Å². The number of anilines is 1. The number of hydrogen-bond donors (Lipinski definition) is 3. The zero-order valence-corrected chi connectivity index (χ0v) is 20.6. The average Bonchev–Trinajstić information content (AvgIpc) is 3.26. The van der Waals surface area contributed by atoms with Crippen molar-refractivity contribution in [3.05, 3.63) is 59.9 Å². The summed E-state index contributed by atoms with van der Waals surface area (Å²) in [6.45, 7) is 6.31. The number of benzene rings is 2. The number of nitrogens with one attached hydrogen (secondary N) is 3. The van der Waals surface area contributed by atoms with Crippen molar-refractivity contribution in [3.63, 3.8) is 0 Å². The molecule has 4 rings (SSSR count). The Hall–Kier alpha value is -3.33. The molecule has 2 atom stereocenters. The lowest BCUT2D eigenvalue weighted by Crippen LogP contribution is -2.49. The molecule has 8 nitrogen and oxygen atoms in total. The molecular weight excluding hydrogens is 445 g/mol. The smallest absolute Gasteiger partial charge is 0.319 e. The lowest BCUT2D eigenvalue weighted by atomic mass is 9.76. The third-order valence-corrected chi connectivity index (χ3v) is 6.59. The van der Waals surface area contributed by atoms with E-state index in [9.17, 15) is 9.18 Å². The highest BCUT2D eigenvalue weighted by atomic mass is 19.1. The van der Waals surface area contributed by atoms with E-state index < -0.39 is 0 Å². The van der Waals surface area contributed by atoms with Gasteiger partial charge in [-0.05, 0) is 90.4 Å². The third kappa shape index (κ3) is 6.85. The first-order chi connectivity index (χ1) is 16.8. The zero-order chi connectivity index (χ0) is 24.8. The van der Waals surface area contributed by atoms with Gasteiger partial charge in [-0.1, -0.05) is 38.1 Å². The molecule has 2 aromatic carbocycles. The maximum atomic E-state index is 13.3. The van der Waals surface area contributed by atoms with Crippen LogP contribution in [0.3, 0.4) is 0 Å². The maximum Gasteiger partial charge on any atom is 0.319 e. The summed E-state index contributed by atoms with van der Waals surface area (Å²) in [6, 6.07) is 14.0. The van der Waals surface area contributed by atoms with Crippen LogP contribution in [0, 0.1) is 17.2 Å². The molecule has 1 aliphatic rings. The molecule has 2 heterocycles. The lowest BCUT2D eigenvalue weighted by Gasteiger charge is -2.37. The Morgan fingerprint density at radius 3 is 2.74 bits per heavy atom. The van der Waals surface area contributed by atoms with Gasteiger partial charge in [-0.15, -0.1) is 5.10 Å². The summed E-state index contributed by atoms with van der Waals surface area (Å²) in [5.74, 6) is 0.747. The van der Waals surface area contributed by atoms with Crippen molar-refractivity contribution in [2.24, 2.45) is 18.4 Å². The summed E-state index contributed by atoms with van der Waals surface area (Å²) in [4.78, 5) is 13.1. The minimum atomic E-state index is -0.230. The summed E-state index contributed by atoms with van der Waals surface area (Å²) >= 11 is 0. The van der Waals surface area contributed by atoms with Crippen molar-refractivity contribution in [1.29, 1.82) is 0 Å². The molecule has 0 bridgehead atoms. The second-order valence-corrected chi connectivity index (χ2v) is 10.2. The van der Waals surface area contributed by atoms with E-state index in [4.69, 9.17) is 0 Å². The van der Waals surface area contributed by atoms with Crippen LogP contribution in [0.15, 0.2) is 48.5 Å². The molecule has 1 aromatic heterocycles. The van der Waals surface area contributed by atoms with Gasteiger partial charge in [0, 0.05) is 24.3 Å². The van der Waals surface area contributed by atoms with Gasteiger partial charge in [0.25, 0.3) is 0 Å². The molecule has 1 fully saturated rings. The van der Waals surface area contributed by atoms with Gasteiger partial charge in [0.1, 0.15) is 5.82 Å². The molecule has 0 radical (unpaired) electrons. The zero-order valence-electron chi connectivity index (χ0n) is 20.6. The number of rotatable bonds is 8. The molecule has 0 spiro atoms. The molecule has 9 heteroatoms. The van der Waals surface area contributed by atoms with Gasteiger partial charge in [0.2, 0.25) is 0 Å². The number of nitrogens with zero attached hydrogens (tertiary/aromatic N) is 4. The number of tetrazole rings is 1. The highest BCUT2D eigenvalue weighted by molar-refractivity contribution is 5.90. The number of carbonyl (C=O) groups excluding carboxylic acids is 1. The van der Waals surface area contributed by atoms with Crippen LogP contribution in [0.1, 0.15) is 38.7 Å². The Morgan fingerprint density at radius 2 is 2.06 bits per heavy atom. The quantitative estimate of drug-likeness (QED) is 0.451. The summed E-state index contributed by atoms with van der Waals surface area (Å²) in [5.41, 5.74) is 2.51. The molecule has 2 unspecified atom stereocenters. The molecule has 1 saturated heterocycles. The molecule has 3 aromatic rings. The number of carbonyl (C=O) groups is 1. The van der Waals surface area contributed by atoms with Crippen molar-refractivity contribution in [1.82, 2.24) is 30.8 Å². The van der Waals surface area contributed by atoms with E-state index in [1.54, 1.807) is 11.7 Å². The van der Waals surface area contributed by atoms with Crippen molar-refractivity contribution < 1.29 is 9.18 Å². The van der Waals surface area contributed by atoms with Gasteiger partial charge in [-0.2, -0.15) is 0 Å². The number of amides is 2. The maximum absolute atomic E-state index is 13.3. The largest absolute Gasteiger partial charge is 0.335 e. The monoisotopic (exact) mass is 479 g/mol. The van der Waals surface area contributed by atoms with Crippen molar-refractivity contribution in [2.75, 3.05) is 18.4 Å². The van der Waals surface area contributed by atoms with E-state index in [2.05, 4.69) is 45.3 Å². The van der Waals surface area contributed by atoms with E-state index in [-0.39, 0.29) is 23.3 Å². The van der Waals surface area contributed by atoms with E-state index in [0.29, 0.717) is 17.4 Å². The predicted molar refractivity (Wildman–Crippen MR) is 134 cm³/mol. The first-order valence-corrected chi connectivity index (χ1v) is 12.1. The highest BCUT2D eigenvalue weighted by Gasteiger charge is 2.31. The molecule has 2 amide bonds. The van der Waals surface area contributed by atoms with Gasteiger partial charge in [-0.25, -0.2) is 13.9 Å². The Balaban J connectivity index is 1.44. The Morgan fingerprint density at radius 1 is 1.26 bits per heavy atom. The molecule has 0 saturated carbocycles. The summed E-state index contributed by atoms with van der Waals surface area (Å²) < 4.78 is 14.9. The van der Waals surface area contributed by atoms with Gasteiger partial charge in [-0.3, -0.25) is 0 Å². The SMILES string of the molecule is Cn1nnnc1-c1cccc(NC(=O)NC(CC(C)(C)Cc2ccc(F)cc2)C2CCCNC2)c1. The van der Waals surface area contributed by atoms with E-state index >= 15 is 0 Å². The predicted octanol–water partition coefficient (Wildman–Crippen LogP) is 4.16. The number of hydrogen-bond acceptors (Lipinski definition) is 5. The van der Waals surface area contributed by atoms with Crippen LogP contribution < -0.4 is 16.0 Å². The van der Waals surface area contributed by atoms with E-state index in [1.807, 2.05) is 36.4 Å². The van der Waals surface area contributed by atoms with E-state index in [0.717, 1.165) is 49.9 Å². The van der Waals surface area contributed by atoms with Crippen LogP contribution in [0.4, 0.5) is 14.9 Å². The number of halogens is 1. The molecule has 3 N–H and O–H groups in total. The summed E-state index contributed by atoms with van der Waals surface area (Å²) in [5, 5.41) is 21.3. The first kappa shape index (κ1) is 24.8. The lowest BCUT2D eigenvalue weighted by molar-refractivity contribution is 0.198. The summed E-state index contributed by atoms with van der Waals surface area (Å²) in [7, 11) is 1.78. The fourth-order valence-corrected chi connectivity index (χ4v) is 4.93. The average molecular weight is 480 g/mol. The Bertz CT molecular complexity index is 1120. The van der Waals surface area contributed by atoms with Crippen molar-refractivity contribution in [2.45, 2.75) is 45.6 Å². The summed E-state index contributed by atoms with van der Waals surface area (Å²) in [6.07, 6.45) is 3.78. The fourth-order valence-electron chi connectivity index (χ4n) is 4.93. The topological polar surface area (TPSA) is 96.8 Å². The van der Waals surface area contributed by atoms with Crippen molar-refractivity contribution >= 4 is 11.7 Å². The van der Waals surface area contributed by atoms with Crippen LogP contribution in [0.5, 0.6) is 0 Å². The van der Waals surface area contributed by atoms with Gasteiger partial charge in [0.05, 0.1) is 0 Å².